The van der Waals surface area contributed by atoms with Crippen molar-refractivity contribution in [1.29, 1.82) is 0 Å². The monoisotopic (exact) mass is 332 g/mol. The molecule has 22 heavy (non-hydrogen) atoms. The highest BCUT2D eigenvalue weighted by Crippen LogP contribution is 2.35. The molecule has 2 aromatic heterocycles. The molecule has 0 aliphatic heterocycles. The van der Waals surface area contributed by atoms with Crippen molar-refractivity contribution in [3.8, 4) is 0 Å². The minimum Gasteiger partial charge on any atom is -0.383 e. The van der Waals surface area contributed by atoms with E-state index in [9.17, 15) is 18.0 Å². The van der Waals surface area contributed by atoms with Crippen molar-refractivity contribution in [1.82, 2.24) is 9.97 Å². The van der Waals surface area contributed by atoms with Crippen LogP contribution in [0.25, 0.3) is 10.2 Å². The van der Waals surface area contributed by atoms with Crippen molar-refractivity contribution >= 4 is 21.6 Å². The van der Waals surface area contributed by atoms with Gasteiger partial charge in [-0.2, -0.15) is 13.2 Å². The van der Waals surface area contributed by atoms with Gasteiger partial charge in [0.1, 0.15) is 10.7 Å². The van der Waals surface area contributed by atoms with Crippen LogP contribution in [0.1, 0.15) is 29.6 Å². The van der Waals surface area contributed by atoms with E-state index in [1.807, 2.05) is 0 Å². The summed E-state index contributed by atoms with van der Waals surface area (Å²) in [7, 11) is 0. The third-order valence-electron chi connectivity index (χ3n) is 3.98. The van der Waals surface area contributed by atoms with Gasteiger partial charge < -0.3 is 10.1 Å². The first kappa shape index (κ1) is 15.5. The third kappa shape index (κ3) is 2.77. The summed E-state index contributed by atoms with van der Waals surface area (Å²) >= 11 is 1.37. The molecule has 0 saturated carbocycles. The van der Waals surface area contributed by atoms with Crippen molar-refractivity contribution in [2.75, 3.05) is 0 Å². The van der Waals surface area contributed by atoms with Gasteiger partial charge in [0.15, 0.2) is 6.10 Å². The zero-order chi connectivity index (χ0) is 16.1. The van der Waals surface area contributed by atoms with Crippen LogP contribution in [0.4, 0.5) is 13.2 Å². The van der Waals surface area contributed by atoms with Gasteiger partial charge in [-0.25, -0.2) is 4.98 Å². The highest BCUT2D eigenvalue weighted by Gasteiger charge is 2.38. The smallest absolute Gasteiger partial charge is 0.383 e. The normalized spacial score (nSPS) is 20.1. The Morgan fingerprint density at radius 2 is 2.23 bits per heavy atom. The van der Waals surface area contributed by atoms with E-state index in [1.54, 1.807) is 0 Å². The molecule has 1 aliphatic rings. The molecule has 2 aromatic rings. The SMILES string of the molecule is CC1CCc2c(sc3nc(CC(O)C(F)(F)F)[nH]c(=O)c23)C1. The summed E-state index contributed by atoms with van der Waals surface area (Å²) < 4.78 is 37.2. The van der Waals surface area contributed by atoms with Crippen LogP contribution in [0.15, 0.2) is 4.79 Å². The molecule has 0 saturated heterocycles. The second-order valence-corrected chi connectivity index (χ2v) is 6.89. The number of aryl methyl sites for hydroxylation is 1. The molecule has 3 rings (SSSR count). The Balaban J connectivity index is 2.01. The standard InChI is InChI=1S/C14H15F3N2O2S/c1-6-2-3-7-8(4-6)22-13-11(7)12(21)18-10(19-13)5-9(20)14(15,16)17/h6,9,20H,2-5H2,1H3,(H,18,19,21). The van der Waals surface area contributed by atoms with Crippen molar-refractivity contribution in [2.45, 2.75) is 44.9 Å². The predicted molar refractivity (Wildman–Crippen MR) is 77.2 cm³/mol. The maximum Gasteiger partial charge on any atom is 0.414 e. The van der Waals surface area contributed by atoms with Crippen molar-refractivity contribution in [3.05, 3.63) is 26.6 Å². The Bertz CT molecular complexity index is 766. The lowest BCUT2D eigenvalue weighted by molar-refractivity contribution is -0.203. The highest BCUT2D eigenvalue weighted by atomic mass is 32.1. The topological polar surface area (TPSA) is 66.0 Å². The molecule has 8 heteroatoms. The van der Waals surface area contributed by atoms with Crippen LogP contribution in [-0.4, -0.2) is 27.4 Å². The van der Waals surface area contributed by atoms with Crippen molar-refractivity contribution in [3.63, 3.8) is 0 Å². The largest absolute Gasteiger partial charge is 0.414 e. The van der Waals surface area contributed by atoms with Crippen molar-refractivity contribution in [2.24, 2.45) is 5.92 Å². The number of aliphatic hydroxyl groups is 1. The molecular weight excluding hydrogens is 317 g/mol. The number of nitrogens with zero attached hydrogens (tertiary/aromatic N) is 1. The lowest BCUT2D eigenvalue weighted by atomic mass is 9.89. The Morgan fingerprint density at radius 1 is 1.50 bits per heavy atom. The Labute approximate surface area is 128 Å². The zero-order valence-corrected chi connectivity index (χ0v) is 12.6. The van der Waals surface area contributed by atoms with Crippen LogP contribution >= 0.6 is 11.3 Å². The van der Waals surface area contributed by atoms with Crippen LogP contribution in [0, 0.1) is 5.92 Å². The van der Waals surface area contributed by atoms with Crippen LogP contribution < -0.4 is 5.56 Å². The average molecular weight is 332 g/mol. The van der Waals surface area contributed by atoms with E-state index in [0.29, 0.717) is 16.1 Å². The van der Waals surface area contributed by atoms with Gasteiger partial charge in [0.2, 0.25) is 0 Å². The minimum atomic E-state index is -4.72. The number of nitrogens with one attached hydrogen (secondary N) is 1. The molecule has 2 atom stereocenters. The Morgan fingerprint density at radius 3 is 2.91 bits per heavy atom. The minimum absolute atomic E-state index is 0.131. The molecular formula is C14H15F3N2O2S. The van der Waals surface area contributed by atoms with Crippen LogP contribution in [0.2, 0.25) is 0 Å². The summed E-state index contributed by atoms with van der Waals surface area (Å²) in [5, 5.41) is 9.61. The summed E-state index contributed by atoms with van der Waals surface area (Å²) in [5.74, 6) is 0.403. The summed E-state index contributed by atoms with van der Waals surface area (Å²) in [6.07, 6.45) is -5.33. The van der Waals surface area contributed by atoms with Crippen LogP contribution in [0.5, 0.6) is 0 Å². The quantitative estimate of drug-likeness (QED) is 0.888. The van der Waals surface area contributed by atoms with E-state index in [2.05, 4.69) is 16.9 Å². The summed E-state index contributed by atoms with van der Waals surface area (Å²) in [6.45, 7) is 2.14. The molecule has 0 amide bonds. The number of aromatic amines is 1. The number of aliphatic hydroxyl groups excluding tert-OH is 1. The number of hydrogen-bond donors (Lipinski definition) is 2. The van der Waals surface area contributed by atoms with E-state index in [-0.39, 0.29) is 5.82 Å². The fraction of sp³-hybridized carbons (Fsp3) is 0.571. The molecule has 0 bridgehead atoms. The second kappa shape index (κ2) is 5.34. The molecule has 0 fully saturated rings. The Hall–Kier alpha value is -1.41. The Kier molecular flexibility index (Phi) is 3.76. The highest BCUT2D eigenvalue weighted by molar-refractivity contribution is 7.18. The molecule has 0 spiro atoms. The molecule has 2 unspecified atom stereocenters. The predicted octanol–water partition coefficient (Wildman–Crippen LogP) is 2.58. The fourth-order valence-electron chi connectivity index (χ4n) is 2.79. The first-order valence-electron chi connectivity index (χ1n) is 7.04. The van der Waals surface area contributed by atoms with Gasteiger partial charge in [-0.1, -0.05) is 6.92 Å². The molecule has 2 heterocycles. The molecule has 1 aliphatic carbocycles. The second-order valence-electron chi connectivity index (χ2n) is 5.81. The van der Waals surface area contributed by atoms with E-state index in [1.165, 1.54) is 11.3 Å². The maximum absolute atomic E-state index is 12.4. The van der Waals surface area contributed by atoms with E-state index >= 15 is 0 Å². The van der Waals surface area contributed by atoms with Gasteiger partial charge in [-0.05, 0) is 30.7 Å². The lowest BCUT2D eigenvalue weighted by Gasteiger charge is -2.17. The number of fused-ring (bicyclic) bond motifs is 3. The molecule has 0 aromatic carbocycles. The van der Waals surface area contributed by atoms with Gasteiger partial charge in [0.05, 0.1) is 5.39 Å². The summed E-state index contributed by atoms with van der Waals surface area (Å²) in [5.41, 5.74) is 0.566. The van der Waals surface area contributed by atoms with E-state index in [4.69, 9.17) is 5.11 Å². The van der Waals surface area contributed by atoms with Gasteiger partial charge >= 0.3 is 6.18 Å². The summed E-state index contributed by atoms with van der Waals surface area (Å²) in [4.78, 5) is 20.3. The number of halogens is 3. The number of aromatic nitrogens is 2. The van der Waals surface area contributed by atoms with Crippen molar-refractivity contribution < 1.29 is 18.3 Å². The van der Waals surface area contributed by atoms with Gasteiger partial charge in [-0.15, -0.1) is 11.3 Å². The number of thiophene rings is 1. The summed E-state index contributed by atoms with van der Waals surface area (Å²) in [6, 6.07) is 0. The third-order valence-corrected chi connectivity index (χ3v) is 5.13. The van der Waals surface area contributed by atoms with Gasteiger partial charge in [0.25, 0.3) is 5.56 Å². The molecule has 2 N–H and O–H groups in total. The van der Waals surface area contributed by atoms with Crippen LogP contribution in [0.3, 0.4) is 0 Å². The number of hydrogen-bond acceptors (Lipinski definition) is 4. The lowest BCUT2D eigenvalue weighted by Crippen LogP contribution is -2.31. The number of H-pyrrole nitrogens is 1. The zero-order valence-electron chi connectivity index (χ0n) is 11.8. The molecule has 4 nitrogen and oxygen atoms in total. The first-order valence-corrected chi connectivity index (χ1v) is 7.85. The average Bonchev–Trinajstić information content (AvgIpc) is 2.74. The number of alkyl halides is 3. The first-order chi connectivity index (χ1) is 10.3. The number of rotatable bonds is 2. The van der Waals surface area contributed by atoms with E-state index in [0.717, 1.165) is 29.7 Å². The van der Waals surface area contributed by atoms with Crippen LogP contribution in [-0.2, 0) is 19.3 Å². The molecule has 120 valence electrons. The van der Waals surface area contributed by atoms with E-state index < -0.39 is 24.3 Å². The molecule has 0 radical (unpaired) electrons. The van der Waals surface area contributed by atoms with Gasteiger partial charge in [-0.3, -0.25) is 4.79 Å². The fourth-order valence-corrected chi connectivity index (χ4v) is 4.19. The van der Waals surface area contributed by atoms with Gasteiger partial charge in [0, 0.05) is 11.3 Å². The maximum atomic E-state index is 12.4.